The van der Waals surface area contributed by atoms with Crippen molar-refractivity contribution in [3.05, 3.63) is 70.5 Å². The molecule has 1 aliphatic rings. The number of rotatable bonds is 1. The van der Waals surface area contributed by atoms with Crippen molar-refractivity contribution in [2.75, 3.05) is 0 Å². The van der Waals surface area contributed by atoms with E-state index in [1.165, 1.54) is 6.07 Å². The van der Waals surface area contributed by atoms with E-state index in [1.807, 2.05) is 24.3 Å². The van der Waals surface area contributed by atoms with Crippen LogP contribution >= 0.6 is 0 Å². The summed E-state index contributed by atoms with van der Waals surface area (Å²) in [6, 6.07) is 10.6. The Morgan fingerprint density at radius 2 is 1.52 bits per heavy atom. The van der Waals surface area contributed by atoms with Crippen molar-refractivity contribution in [1.29, 1.82) is 0 Å². The van der Waals surface area contributed by atoms with E-state index in [4.69, 9.17) is 5.73 Å². The summed E-state index contributed by atoms with van der Waals surface area (Å²) in [6.07, 6.45) is -3.82. The van der Waals surface area contributed by atoms with Crippen LogP contribution in [0, 0.1) is 5.82 Å². The molecular weight excluding hydrogens is 282 g/mol. The first-order valence-electron chi connectivity index (χ1n) is 6.52. The third-order valence-electron chi connectivity index (χ3n) is 3.98. The summed E-state index contributed by atoms with van der Waals surface area (Å²) in [4.78, 5) is 0. The van der Waals surface area contributed by atoms with E-state index in [0.29, 0.717) is 18.4 Å². The number of alkyl halides is 3. The average molecular weight is 295 g/mol. The van der Waals surface area contributed by atoms with Gasteiger partial charge in [-0.1, -0.05) is 30.3 Å². The number of halogens is 4. The highest BCUT2D eigenvalue weighted by Gasteiger charge is 2.39. The van der Waals surface area contributed by atoms with Crippen molar-refractivity contribution in [1.82, 2.24) is 0 Å². The first-order valence-corrected chi connectivity index (χ1v) is 6.52. The van der Waals surface area contributed by atoms with Gasteiger partial charge in [0, 0.05) is 5.54 Å². The number of nitrogens with two attached hydrogens (primary N) is 1. The van der Waals surface area contributed by atoms with Crippen LogP contribution in [0.25, 0.3) is 0 Å². The molecule has 0 aromatic heterocycles. The first kappa shape index (κ1) is 14.1. The topological polar surface area (TPSA) is 26.0 Å². The second-order valence-corrected chi connectivity index (χ2v) is 5.47. The molecule has 0 spiro atoms. The number of hydrogen-bond acceptors (Lipinski definition) is 1. The van der Waals surface area contributed by atoms with Gasteiger partial charge in [-0.05, 0) is 41.7 Å². The number of benzene rings is 2. The van der Waals surface area contributed by atoms with E-state index in [2.05, 4.69) is 0 Å². The van der Waals surface area contributed by atoms with Gasteiger partial charge in [0.25, 0.3) is 0 Å². The summed E-state index contributed by atoms with van der Waals surface area (Å²) in [6.45, 7) is 0. The molecule has 0 saturated carbocycles. The molecule has 21 heavy (non-hydrogen) atoms. The lowest BCUT2D eigenvalue weighted by molar-refractivity contribution is -0.140. The van der Waals surface area contributed by atoms with E-state index in [0.717, 1.165) is 23.3 Å². The van der Waals surface area contributed by atoms with Crippen molar-refractivity contribution >= 4 is 0 Å². The van der Waals surface area contributed by atoms with Crippen molar-refractivity contribution in [3.8, 4) is 0 Å². The molecule has 0 aliphatic heterocycles. The van der Waals surface area contributed by atoms with Gasteiger partial charge in [-0.15, -0.1) is 0 Å². The lowest BCUT2D eigenvalue weighted by atomic mass is 9.87. The Labute approximate surface area is 119 Å². The normalized spacial score (nSPS) is 16.8. The van der Waals surface area contributed by atoms with Crippen LogP contribution in [0.1, 0.15) is 22.3 Å². The summed E-state index contributed by atoms with van der Waals surface area (Å²) in [5.41, 5.74) is 6.48. The van der Waals surface area contributed by atoms with Crippen molar-refractivity contribution in [3.63, 3.8) is 0 Å². The summed E-state index contributed by atoms with van der Waals surface area (Å²) >= 11 is 0. The molecule has 1 aliphatic carbocycles. The molecular formula is C16H13F4N. The third kappa shape index (κ3) is 2.42. The van der Waals surface area contributed by atoms with Crippen LogP contribution in [0.5, 0.6) is 0 Å². The number of fused-ring (bicyclic) bond motifs is 1. The fourth-order valence-corrected chi connectivity index (χ4v) is 2.90. The van der Waals surface area contributed by atoms with Gasteiger partial charge in [0.05, 0.1) is 5.56 Å². The van der Waals surface area contributed by atoms with Crippen LogP contribution < -0.4 is 5.73 Å². The maximum Gasteiger partial charge on any atom is 0.419 e. The first-order chi connectivity index (χ1) is 9.79. The standard InChI is InChI=1S/C16H13F4N/c17-14-6-5-12(7-13(14)16(18,19)20)15(21)8-10-3-1-2-4-11(10)9-15/h1-7H,8-9,21H2. The Morgan fingerprint density at radius 3 is 2.05 bits per heavy atom. The molecule has 0 radical (unpaired) electrons. The van der Waals surface area contributed by atoms with E-state index < -0.39 is 23.1 Å². The fourth-order valence-electron chi connectivity index (χ4n) is 2.90. The van der Waals surface area contributed by atoms with E-state index >= 15 is 0 Å². The van der Waals surface area contributed by atoms with E-state index in [1.54, 1.807) is 0 Å². The molecule has 5 heteroatoms. The highest BCUT2D eigenvalue weighted by molar-refractivity contribution is 5.42. The van der Waals surface area contributed by atoms with Crippen LogP contribution in [0.2, 0.25) is 0 Å². The van der Waals surface area contributed by atoms with Gasteiger partial charge in [0.2, 0.25) is 0 Å². The molecule has 0 bridgehead atoms. The maximum absolute atomic E-state index is 13.4. The Hall–Kier alpha value is -1.88. The Morgan fingerprint density at radius 1 is 0.952 bits per heavy atom. The fraction of sp³-hybridized carbons (Fsp3) is 0.250. The lowest BCUT2D eigenvalue weighted by Crippen LogP contribution is -2.37. The Balaban J connectivity index is 2.03. The second-order valence-electron chi connectivity index (χ2n) is 5.47. The minimum Gasteiger partial charge on any atom is -0.321 e. The van der Waals surface area contributed by atoms with Gasteiger partial charge in [-0.3, -0.25) is 0 Å². The van der Waals surface area contributed by atoms with Crippen LogP contribution in [0.3, 0.4) is 0 Å². The molecule has 0 amide bonds. The number of hydrogen-bond donors (Lipinski definition) is 1. The molecule has 0 atom stereocenters. The molecule has 2 aromatic carbocycles. The zero-order valence-corrected chi connectivity index (χ0v) is 11.0. The molecule has 3 rings (SSSR count). The Kier molecular flexibility index (Phi) is 3.06. The SMILES string of the molecule is NC1(c2ccc(F)c(C(F)(F)F)c2)Cc2ccccc2C1. The van der Waals surface area contributed by atoms with Gasteiger partial charge in [-0.2, -0.15) is 13.2 Å². The van der Waals surface area contributed by atoms with Crippen molar-refractivity contribution in [2.24, 2.45) is 5.73 Å². The second kappa shape index (κ2) is 4.56. The zero-order valence-electron chi connectivity index (χ0n) is 11.0. The van der Waals surface area contributed by atoms with Gasteiger partial charge in [0.15, 0.2) is 0 Å². The van der Waals surface area contributed by atoms with E-state index in [-0.39, 0.29) is 0 Å². The molecule has 0 saturated heterocycles. The monoisotopic (exact) mass is 295 g/mol. The maximum atomic E-state index is 13.4. The van der Waals surface area contributed by atoms with E-state index in [9.17, 15) is 17.6 Å². The predicted octanol–water partition coefficient (Wildman–Crippen LogP) is 3.80. The zero-order chi connectivity index (χ0) is 15.3. The molecule has 0 heterocycles. The van der Waals surface area contributed by atoms with Gasteiger partial charge in [-0.25, -0.2) is 4.39 Å². The minimum atomic E-state index is -4.72. The minimum absolute atomic E-state index is 0.312. The van der Waals surface area contributed by atoms with Crippen LogP contribution in [0.4, 0.5) is 17.6 Å². The van der Waals surface area contributed by atoms with Gasteiger partial charge in [0.1, 0.15) is 5.82 Å². The third-order valence-corrected chi connectivity index (χ3v) is 3.98. The predicted molar refractivity (Wildman–Crippen MR) is 71.1 cm³/mol. The van der Waals surface area contributed by atoms with Crippen LogP contribution in [-0.2, 0) is 24.6 Å². The molecule has 1 nitrogen and oxygen atoms in total. The quantitative estimate of drug-likeness (QED) is 0.796. The van der Waals surface area contributed by atoms with Gasteiger partial charge >= 0.3 is 6.18 Å². The largest absolute Gasteiger partial charge is 0.419 e. The lowest BCUT2D eigenvalue weighted by Gasteiger charge is -2.25. The molecule has 0 fully saturated rings. The van der Waals surface area contributed by atoms with Gasteiger partial charge < -0.3 is 5.73 Å². The molecule has 2 N–H and O–H groups in total. The smallest absolute Gasteiger partial charge is 0.321 e. The average Bonchev–Trinajstić information content (AvgIpc) is 2.75. The highest BCUT2D eigenvalue weighted by atomic mass is 19.4. The van der Waals surface area contributed by atoms with Crippen molar-refractivity contribution in [2.45, 2.75) is 24.6 Å². The summed E-state index contributed by atoms with van der Waals surface area (Å²) in [7, 11) is 0. The van der Waals surface area contributed by atoms with Crippen LogP contribution in [-0.4, -0.2) is 0 Å². The van der Waals surface area contributed by atoms with Crippen LogP contribution in [0.15, 0.2) is 42.5 Å². The molecule has 2 aromatic rings. The Bertz CT molecular complexity index is 666. The summed E-state index contributed by atoms with van der Waals surface area (Å²) in [5.74, 6) is -1.27. The van der Waals surface area contributed by atoms with Crippen molar-refractivity contribution < 1.29 is 17.6 Å². The molecule has 110 valence electrons. The summed E-state index contributed by atoms with van der Waals surface area (Å²) in [5, 5.41) is 0. The summed E-state index contributed by atoms with van der Waals surface area (Å²) < 4.78 is 51.8. The highest BCUT2D eigenvalue weighted by Crippen LogP contribution is 2.39. The molecule has 0 unspecified atom stereocenters.